The summed E-state index contributed by atoms with van der Waals surface area (Å²) >= 11 is 5.82. The summed E-state index contributed by atoms with van der Waals surface area (Å²) < 4.78 is 0. The van der Waals surface area contributed by atoms with Crippen LogP contribution in [0, 0.1) is 0 Å². The molecule has 0 aromatic heterocycles. The van der Waals surface area contributed by atoms with E-state index >= 15 is 0 Å². The number of nitrogens with one attached hydrogen (secondary N) is 1. The van der Waals surface area contributed by atoms with Crippen LogP contribution in [0.25, 0.3) is 0 Å². The molecule has 0 aliphatic heterocycles. The van der Waals surface area contributed by atoms with Gasteiger partial charge in [0.05, 0.1) is 0 Å². The molecule has 2 rings (SSSR count). The summed E-state index contributed by atoms with van der Waals surface area (Å²) in [5.41, 5.74) is 6.46. The first-order valence-corrected chi connectivity index (χ1v) is 5.91. The third-order valence-corrected chi connectivity index (χ3v) is 2.73. The van der Waals surface area contributed by atoms with Gasteiger partial charge in [-0.05, 0) is 36.4 Å². The number of hydrogen-bond donors (Lipinski definition) is 2. The van der Waals surface area contributed by atoms with Gasteiger partial charge in [-0.1, -0.05) is 23.7 Å². The Bertz CT molecular complexity index is 641. The molecule has 2 aromatic carbocycles. The lowest BCUT2D eigenvalue weighted by Crippen LogP contribution is -2.14. The maximum Gasteiger partial charge on any atom is 0.255 e. The molecular formula is C14H11ClN2O2. The standard InChI is InChI=1S/C14H11ClN2O2/c15-11-5-1-4-10(7-11)14(19)17-12-6-2-3-9(8-12)13(16)18/h1-8H,(H2,16,18)(H,17,19). The molecule has 5 heteroatoms. The van der Waals surface area contributed by atoms with Crippen molar-refractivity contribution in [2.45, 2.75) is 0 Å². The summed E-state index contributed by atoms with van der Waals surface area (Å²) in [6, 6.07) is 13.0. The molecule has 2 amide bonds. The molecule has 0 radical (unpaired) electrons. The Labute approximate surface area is 115 Å². The first-order chi connectivity index (χ1) is 9.06. The van der Waals surface area contributed by atoms with Gasteiger partial charge in [-0.15, -0.1) is 0 Å². The van der Waals surface area contributed by atoms with E-state index in [2.05, 4.69) is 5.32 Å². The average Bonchev–Trinajstić information content (AvgIpc) is 2.39. The molecule has 0 bridgehead atoms. The highest BCUT2D eigenvalue weighted by Crippen LogP contribution is 2.14. The van der Waals surface area contributed by atoms with Crippen LogP contribution in [0.3, 0.4) is 0 Å². The van der Waals surface area contributed by atoms with Gasteiger partial charge in [0.15, 0.2) is 0 Å². The molecule has 0 heterocycles. The van der Waals surface area contributed by atoms with E-state index in [1.165, 1.54) is 6.07 Å². The number of benzene rings is 2. The fourth-order valence-corrected chi connectivity index (χ4v) is 1.77. The highest BCUT2D eigenvalue weighted by Gasteiger charge is 2.07. The Morgan fingerprint density at radius 2 is 1.68 bits per heavy atom. The maximum atomic E-state index is 12.0. The highest BCUT2D eigenvalue weighted by molar-refractivity contribution is 6.31. The molecule has 0 spiro atoms. The van der Waals surface area contributed by atoms with Crippen LogP contribution in [0.2, 0.25) is 5.02 Å². The summed E-state index contributed by atoms with van der Waals surface area (Å²) in [6.45, 7) is 0. The second-order valence-corrected chi connectivity index (χ2v) is 4.35. The number of rotatable bonds is 3. The fourth-order valence-electron chi connectivity index (χ4n) is 1.58. The van der Waals surface area contributed by atoms with E-state index in [9.17, 15) is 9.59 Å². The van der Waals surface area contributed by atoms with Gasteiger partial charge < -0.3 is 11.1 Å². The highest BCUT2D eigenvalue weighted by atomic mass is 35.5. The lowest BCUT2D eigenvalue weighted by Gasteiger charge is -2.06. The Hall–Kier alpha value is -2.33. The lowest BCUT2D eigenvalue weighted by molar-refractivity contribution is 0.0996. The zero-order valence-electron chi connectivity index (χ0n) is 9.89. The van der Waals surface area contributed by atoms with Crippen LogP contribution < -0.4 is 11.1 Å². The minimum absolute atomic E-state index is 0.302. The van der Waals surface area contributed by atoms with Crippen molar-refractivity contribution in [1.82, 2.24) is 0 Å². The van der Waals surface area contributed by atoms with Crippen molar-refractivity contribution in [2.75, 3.05) is 5.32 Å². The van der Waals surface area contributed by atoms with Gasteiger partial charge in [-0.25, -0.2) is 0 Å². The number of carbonyl (C=O) groups is 2. The molecular weight excluding hydrogens is 264 g/mol. The average molecular weight is 275 g/mol. The lowest BCUT2D eigenvalue weighted by atomic mass is 10.1. The van der Waals surface area contributed by atoms with Gasteiger partial charge in [-0.3, -0.25) is 9.59 Å². The summed E-state index contributed by atoms with van der Waals surface area (Å²) in [5.74, 6) is -0.844. The Kier molecular flexibility index (Phi) is 3.82. The third kappa shape index (κ3) is 3.33. The molecule has 0 fully saturated rings. The van der Waals surface area contributed by atoms with Crippen molar-refractivity contribution >= 4 is 29.1 Å². The van der Waals surface area contributed by atoms with Crippen LogP contribution in [0.15, 0.2) is 48.5 Å². The minimum atomic E-state index is -0.543. The molecule has 0 saturated carbocycles. The van der Waals surface area contributed by atoms with Crippen LogP contribution in [0.4, 0.5) is 5.69 Å². The van der Waals surface area contributed by atoms with Gasteiger partial charge in [0.2, 0.25) is 5.91 Å². The quantitative estimate of drug-likeness (QED) is 0.903. The molecule has 0 unspecified atom stereocenters. The van der Waals surface area contributed by atoms with Crippen LogP contribution in [-0.2, 0) is 0 Å². The second kappa shape index (κ2) is 5.54. The molecule has 0 aliphatic carbocycles. The van der Waals surface area contributed by atoms with Crippen LogP contribution in [-0.4, -0.2) is 11.8 Å². The summed E-state index contributed by atoms with van der Waals surface area (Å²) in [5, 5.41) is 3.16. The predicted octanol–water partition coefficient (Wildman–Crippen LogP) is 2.69. The zero-order chi connectivity index (χ0) is 13.8. The van der Waals surface area contributed by atoms with Crippen LogP contribution >= 0.6 is 11.6 Å². The van der Waals surface area contributed by atoms with Gasteiger partial charge in [0.1, 0.15) is 0 Å². The van der Waals surface area contributed by atoms with Crippen molar-refractivity contribution in [3.05, 3.63) is 64.7 Å². The van der Waals surface area contributed by atoms with Crippen molar-refractivity contribution in [3.8, 4) is 0 Å². The van der Waals surface area contributed by atoms with E-state index in [0.717, 1.165) is 0 Å². The topological polar surface area (TPSA) is 72.2 Å². The van der Waals surface area contributed by atoms with Crippen molar-refractivity contribution < 1.29 is 9.59 Å². The van der Waals surface area contributed by atoms with Gasteiger partial charge in [0.25, 0.3) is 5.91 Å². The summed E-state index contributed by atoms with van der Waals surface area (Å²) in [6.07, 6.45) is 0. The van der Waals surface area contributed by atoms with Gasteiger partial charge in [0, 0.05) is 21.8 Å². The zero-order valence-corrected chi connectivity index (χ0v) is 10.6. The molecule has 3 N–H and O–H groups in total. The number of primary amides is 1. The third-order valence-electron chi connectivity index (χ3n) is 2.49. The SMILES string of the molecule is NC(=O)c1cccc(NC(=O)c2cccc(Cl)c2)c1. The number of hydrogen-bond acceptors (Lipinski definition) is 2. The van der Waals surface area contributed by atoms with E-state index in [1.807, 2.05) is 0 Å². The monoisotopic (exact) mass is 274 g/mol. The van der Waals surface area contributed by atoms with E-state index in [0.29, 0.717) is 21.8 Å². The maximum absolute atomic E-state index is 12.0. The number of carbonyl (C=O) groups excluding carboxylic acids is 2. The van der Waals surface area contributed by atoms with Crippen molar-refractivity contribution in [1.29, 1.82) is 0 Å². The van der Waals surface area contributed by atoms with Gasteiger partial charge >= 0.3 is 0 Å². The first kappa shape index (κ1) is 13.1. The Morgan fingerprint density at radius 1 is 1.00 bits per heavy atom. The molecule has 0 aliphatic rings. The van der Waals surface area contributed by atoms with Crippen LogP contribution in [0.5, 0.6) is 0 Å². The van der Waals surface area contributed by atoms with Crippen molar-refractivity contribution in [2.24, 2.45) is 5.73 Å². The molecule has 0 atom stereocenters. The van der Waals surface area contributed by atoms with E-state index in [4.69, 9.17) is 17.3 Å². The van der Waals surface area contributed by atoms with E-state index in [-0.39, 0.29) is 5.91 Å². The molecule has 19 heavy (non-hydrogen) atoms. The Balaban J connectivity index is 2.19. The number of amides is 2. The molecule has 96 valence electrons. The minimum Gasteiger partial charge on any atom is -0.366 e. The Morgan fingerprint density at radius 3 is 2.37 bits per heavy atom. The smallest absolute Gasteiger partial charge is 0.255 e. The summed E-state index contributed by atoms with van der Waals surface area (Å²) in [7, 11) is 0. The number of nitrogens with two attached hydrogens (primary N) is 1. The fraction of sp³-hybridized carbons (Fsp3) is 0. The van der Waals surface area contributed by atoms with E-state index < -0.39 is 5.91 Å². The second-order valence-electron chi connectivity index (χ2n) is 3.91. The molecule has 0 saturated heterocycles. The summed E-state index contributed by atoms with van der Waals surface area (Å²) in [4.78, 5) is 23.0. The van der Waals surface area contributed by atoms with Crippen LogP contribution in [0.1, 0.15) is 20.7 Å². The molecule has 4 nitrogen and oxygen atoms in total. The number of anilines is 1. The van der Waals surface area contributed by atoms with E-state index in [1.54, 1.807) is 42.5 Å². The first-order valence-electron chi connectivity index (χ1n) is 5.53. The number of halogens is 1. The molecule has 2 aromatic rings. The van der Waals surface area contributed by atoms with Crippen molar-refractivity contribution in [3.63, 3.8) is 0 Å². The predicted molar refractivity (Wildman–Crippen MR) is 74.4 cm³/mol. The normalized spacial score (nSPS) is 9.95. The largest absolute Gasteiger partial charge is 0.366 e. The van der Waals surface area contributed by atoms with Gasteiger partial charge in [-0.2, -0.15) is 0 Å².